The number of hydrogen-bond acceptors (Lipinski definition) is 3. The van der Waals surface area contributed by atoms with Gasteiger partial charge in [0.25, 0.3) is 5.91 Å². The molecule has 0 saturated heterocycles. The number of carbonyl (C=O) groups excluding carboxylic acids is 2. The molecule has 0 radical (unpaired) electrons. The van der Waals surface area contributed by atoms with Crippen LogP contribution in [0.4, 0.5) is 20.6 Å². The summed E-state index contributed by atoms with van der Waals surface area (Å²) in [6, 6.07) is 17.0. The van der Waals surface area contributed by atoms with Crippen molar-refractivity contribution in [1.82, 2.24) is 5.32 Å². The molecule has 1 aliphatic heterocycles. The molecule has 3 amide bonds. The van der Waals surface area contributed by atoms with Crippen molar-refractivity contribution in [2.45, 2.75) is 19.9 Å². The Hall–Kier alpha value is -3.87. The molecule has 0 unspecified atom stereocenters. The van der Waals surface area contributed by atoms with Crippen LogP contribution in [0.25, 0.3) is 0 Å². The Kier molecular flexibility index (Phi) is 6.07. The fraction of sp³-hybridized carbons (Fsp3) is 0.200. The van der Waals surface area contributed by atoms with Gasteiger partial charge < -0.3 is 20.3 Å². The third-order valence-electron chi connectivity index (χ3n) is 5.51. The second kappa shape index (κ2) is 9.09. The number of aryl methyl sites for hydroxylation is 1. The first-order valence-electron chi connectivity index (χ1n) is 10.3. The van der Waals surface area contributed by atoms with E-state index in [0.29, 0.717) is 29.1 Å². The predicted molar refractivity (Wildman–Crippen MR) is 122 cm³/mol. The Morgan fingerprint density at radius 3 is 2.56 bits per heavy atom. The van der Waals surface area contributed by atoms with Crippen LogP contribution in [0, 0.1) is 12.7 Å². The van der Waals surface area contributed by atoms with Gasteiger partial charge >= 0.3 is 6.03 Å². The number of hydrogen-bond donors (Lipinski definition) is 2. The lowest BCUT2D eigenvalue weighted by atomic mass is 10.1. The summed E-state index contributed by atoms with van der Waals surface area (Å²) in [7, 11) is 1.59. The maximum Gasteiger partial charge on any atom is 0.319 e. The van der Waals surface area contributed by atoms with E-state index in [9.17, 15) is 14.0 Å². The van der Waals surface area contributed by atoms with E-state index >= 15 is 0 Å². The fourth-order valence-electron chi connectivity index (χ4n) is 3.66. The lowest BCUT2D eigenvalue weighted by Gasteiger charge is -2.18. The minimum atomic E-state index is -0.431. The molecule has 0 aliphatic carbocycles. The number of nitrogens with zero attached hydrogens (tertiary/aromatic N) is 1. The highest BCUT2D eigenvalue weighted by atomic mass is 19.1. The summed E-state index contributed by atoms with van der Waals surface area (Å²) in [5.41, 5.74) is 4.30. The number of urea groups is 1. The number of rotatable bonds is 5. The van der Waals surface area contributed by atoms with Crippen molar-refractivity contribution in [3.63, 3.8) is 0 Å². The molecule has 164 valence electrons. The molecule has 0 atom stereocenters. The van der Waals surface area contributed by atoms with Crippen molar-refractivity contribution in [1.29, 1.82) is 0 Å². The maximum atomic E-state index is 13.7. The Labute approximate surface area is 186 Å². The molecule has 1 aliphatic rings. The van der Waals surface area contributed by atoms with E-state index in [1.54, 1.807) is 55.3 Å². The summed E-state index contributed by atoms with van der Waals surface area (Å²) in [6.07, 6.45) is 0.782. The van der Waals surface area contributed by atoms with Gasteiger partial charge in [-0.05, 0) is 72.5 Å². The smallest absolute Gasteiger partial charge is 0.319 e. The number of fused-ring (bicyclic) bond motifs is 1. The zero-order chi connectivity index (χ0) is 22.7. The van der Waals surface area contributed by atoms with Crippen LogP contribution in [-0.4, -0.2) is 25.6 Å². The standard InChI is InChI=1S/C25H24FN3O3/c1-16-3-8-20(14-22(16)26)28-25(31)27-15-17-4-5-18-11-12-29(23(18)13-17)24(30)19-6-9-21(32-2)10-7-19/h3-10,13-14H,11-12,15H2,1-2H3,(H2,27,28,31). The van der Waals surface area contributed by atoms with E-state index in [1.165, 1.54) is 6.07 Å². The van der Waals surface area contributed by atoms with E-state index < -0.39 is 6.03 Å². The van der Waals surface area contributed by atoms with E-state index in [1.807, 2.05) is 18.2 Å². The SMILES string of the molecule is COc1ccc(C(=O)N2CCc3ccc(CNC(=O)Nc4ccc(C)c(F)c4)cc32)cc1. The molecule has 7 heteroatoms. The molecule has 3 aromatic carbocycles. The maximum absolute atomic E-state index is 13.7. The van der Waals surface area contributed by atoms with Gasteiger partial charge in [-0.2, -0.15) is 0 Å². The highest BCUT2D eigenvalue weighted by Gasteiger charge is 2.26. The Balaban J connectivity index is 1.42. The third kappa shape index (κ3) is 4.56. The highest BCUT2D eigenvalue weighted by molar-refractivity contribution is 6.07. The molecule has 3 aromatic rings. The van der Waals surface area contributed by atoms with Crippen molar-refractivity contribution in [2.75, 3.05) is 23.9 Å². The average Bonchev–Trinajstić information content (AvgIpc) is 3.23. The second-order valence-corrected chi connectivity index (χ2v) is 7.67. The molecule has 0 bridgehead atoms. The summed E-state index contributed by atoms with van der Waals surface area (Å²) >= 11 is 0. The summed E-state index contributed by atoms with van der Waals surface area (Å²) in [5, 5.41) is 5.40. The minimum absolute atomic E-state index is 0.0735. The predicted octanol–water partition coefficient (Wildman–Crippen LogP) is 4.67. The number of anilines is 2. The Bertz CT molecular complexity index is 1160. The molecule has 4 rings (SSSR count). The first-order valence-corrected chi connectivity index (χ1v) is 10.3. The summed E-state index contributed by atoms with van der Waals surface area (Å²) in [4.78, 5) is 27.0. The van der Waals surface area contributed by atoms with Crippen LogP contribution in [0.5, 0.6) is 5.75 Å². The van der Waals surface area contributed by atoms with Crippen molar-refractivity contribution >= 4 is 23.3 Å². The van der Waals surface area contributed by atoms with Crippen LogP contribution in [0.2, 0.25) is 0 Å². The van der Waals surface area contributed by atoms with Gasteiger partial charge in [-0.1, -0.05) is 18.2 Å². The van der Waals surface area contributed by atoms with Gasteiger partial charge in [0, 0.05) is 30.0 Å². The lowest BCUT2D eigenvalue weighted by Crippen LogP contribution is -2.29. The minimum Gasteiger partial charge on any atom is -0.497 e. The van der Waals surface area contributed by atoms with Crippen LogP contribution in [0.15, 0.2) is 60.7 Å². The number of halogens is 1. The van der Waals surface area contributed by atoms with Crippen molar-refractivity contribution in [2.24, 2.45) is 0 Å². The fourth-order valence-corrected chi connectivity index (χ4v) is 3.66. The first kappa shape index (κ1) is 21.4. The lowest BCUT2D eigenvalue weighted by molar-refractivity contribution is 0.0989. The second-order valence-electron chi connectivity index (χ2n) is 7.67. The number of methoxy groups -OCH3 is 1. The van der Waals surface area contributed by atoms with Crippen molar-refractivity contribution in [3.8, 4) is 5.75 Å². The van der Waals surface area contributed by atoms with Gasteiger partial charge in [-0.15, -0.1) is 0 Å². The van der Waals surface area contributed by atoms with Crippen LogP contribution in [-0.2, 0) is 13.0 Å². The average molecular weight is 433 g/mol. The molecule has 1 heterocycles. The largest absolute Gasteiger partial charge is 0.497 e. The van der Waals surface area contributed by atoms with Gasteiger partial charge in [-0.3, -0.25) is 4.79 Å². The van der Waals surface area contributed by atoms with Crippen molar-refractivity contribution in [3.05, 3.63) is 88.7 Å². The number of amides is 3. The summed E-state index contributed by atoms with van der Waals surface area (Å²) < 4.78 is 18.8. The monoisotopic (exact) mass is 433 g/mol. The van der Waals surface area contributed by atoms with Gasteiger partial charge in [0.1, 0.15) is 11.6 Å². The zero-order valence-electron chi connectivity index (χ0n) is 17.9. The van der Waals surface area contributed by atoms with Gasteiger partial charge in [-0.25, -0.2) is 9.18 Å². The molecule has 2 N–H and O–H groups in total. The molecule has 0 saturated carbocycles. The molecular formula is C25H24FN3O3. The molecule has 0 spiro atoms. The number of carbonyl (C=O) groups is 2. The van der Waals surface area contributed by atoms with Gasteiger partial charge in [0.2, 0.25) is 0 Å². The summed E-state index contributed by atoms with van der Waals surface area (Å²) in [5.74, 6) is 0.252. The molecule has 32 heavy (non-hydrogen) atoms. The van der Waals surface area contributed by atoms with Crippen molar-refractivity contribution < 1.29 is 18.7 Å². The van der Waals surface area contributed by atoms with Crippen LogP contribution in [0.1, 0.15) is 27.0 Å². The third-order valence-corrected chi connectivity index (χ3v) is 5.51. The normalized spacial score (nSPS) is 12.3. The summed E-state index contributed by atoms with van der Waals surface area (Å²) in [6.45, 7) is 2.55. The van der Waals surface area contributed by atoms with Gasteiger partial charge in [0.15, 0.2) is 0 Å². The Morgan fingerprint density at radius 2 is 1.84 bits per heavy atom. The van der Waals surface area contributed by atoms with E-state index in [-0.39, 0.29) is 18.3 Å². The Morgan fingerprint density at radius 1 is 1.06 bits per heavy atom. The van der Waals surface area contributed by atoms with Crippen LogP contribution in [0.3, 0.4) is 0 Å². The van der Waals surface area contributed by atoms with Crippen LogP contribution < -0.4 is 20.3 Å². The number of ether oxygens (including phenoxy) is 1. The molecular weight excluding hydrogens is 409 g/mol. The van der Waals surface area contributed by atoms with Gasteiger partial charge in [0.05, 0.1) is 7.11 Å². The topological polar surface area (TPSA) is 70.7 Å². The first-order chi connectivity index (χ1) is 15.4. The zero-order valence-corrected chi connectivity index (χ0v) is 17.9. The highest BCUT2D eigenvalue weighted by Crippen LogP contribution is 2.30. The molecule has 0 aromatic heterocycles. The molecule has 6 nitrogen and oxygen atoms in total. The van der Waals surface area contributed by atoms with E-state index in [0.717, 1.165) is 23.2 Å². The number of benzene rings is 3. The van der Waals surface area contributed by atoms with E-state index in [4.69, 9.17) is 4.74 Å². The number of nitrogens with one attached hydrogen (secondary N) is 2. The quantitative estimate of drug-likeness (QED) is 0.615. The van der Waals surface area contributed by atoms with Crippen LogP contribution >= 0.6 is 0 Å². The van der Waals surface area contributed by atoms with E-state index in [2.05, 4.69) is 10.6 Å². The molecule has 0 fully saturated rings.